The monoisotopic (exact) mass is 481 g/mol. The van der Waals surface area contributed by atoms with Crippen molar-refractivity contribution in [1.82, 2.24) is 20.5 Å². The summed E-state index contributed by atoms with van der Waals surface area (Å²) < 4.78 is 5.88. The molecule has 1 aromatic rings. The molecule has 1 aromatic heterocycles. The fraction of sp³-hybridized carbons (Fsp3) is 0.765. The van der Waals surface area contributed by atoms with E-state index in [1.54, 1.807) is 18.4 Å². The van der Waals surface area contributed by atoms with E-state index in [1.165, 1.54) is 4.88 Å². The zero-order valence-corrected chi connectivity index (χ0v) is 19.1. The van der Waals surface area contributed by atoms with Gasteiger partial charge in [-0.15, -0.1) is 35.3 Å². The van der Waals surface area contributed by atoms with Crippen LogP contribution in [-0.2, 0) is 11.3 Å². The van der Waals surface area contributed by atoms with E-state index in [9.17, 15) is 0 Å². The van der Waals surface area contributed by atoms with Crippen molar-refractivity contribution in [3.05, 3.63) is 15.6 Å². The Morgan fingerprint density at radius 2 is 2.16 bits per heavy atom. The van der Waals surface area contributed by atoms with Crippen LogP contribution in [0.2, 0.25) is 0 Å². The maximum absolute atomic E-state index is 5.88. The van der Waals surface area contributed by atoms with E-state index in [0.29, 0.717) is 5.92 Å². The smallest absolute Gasteiger partial charge is 0.191 e. The molecule has 0 spiro atoms. The fourth-order valence-corrected chi connectivity index (χ4v) is 3.80. The summed E-state index contributed by atoms with van der Waals surface area (Å²) in [5.41, 5.74) is 1.10. The van der Waals surface area contributed by atoms with Crippen LogP contribution >= 0.6 is 35.3 Å². The van der Waals surface area contributed by atoms with Crippen LogP contribution in [0.15, 0.2) is 4.99 Å². The third-order valence-electron chi connectivity index (χ3n) is 3.98. The van der Waals surface area contributed by atoms with E-state index in [2.05, 4.69) is 46.3 Å². The highest BCUT2D eigenvalue weighted by Crippen LogP contribution is 2.16. The molecule has 8 heteroatoms. The summed E-state index contributed by atoms with van der Waals surface area (Å²) in [7, 11) is 1.80. The molecule has 1 atom stereocenters. The molecule has 0 aromatic carbocycles. The average molecular weight is 481 g/mol. The molecule has 144 valence electrons. The van der Waals surface area contributed by atoms with Gasteiger partial charge in [0, 0.05) is 38.1 Å². The molecule has 1 saturated heterocycles. The molecule has 25 heavy (non-hydrogen) atoms. The van der Waals surface area contributed by atoms with Gasteiger partial charge < -0.3 is 15.4 Å². The number of aromatic nitrogens is 1. The molecule has 0 aliphatic carbocycles. The van der Waals surface area contributed by atoms with E-state index in [4.69, 9.17) is 4.74 Å². The molecule has 0 radical (unpaired) electrons. The quantitative estimate of drug-likeness (QED) is 0.371. The lowest BCUT2D eigenvalue weighted by Gasteiger charge is -2.34. The van der Waals surface area contributed by atoms with Gasteiger partial charge in [0.2, 0.25) is 0 Å². The number of thiazole rings is 1. The first-order chi connectivity index (χ1) is 11.5. The lowest BCUT2D eigenvalue weighted by molar-refractivity contribution is -0.0284. The van der Waals surface area contributed by atoms with E-state index in [1.807, 2.05) is 6.92 Å². The van der Waals surface area contributed by atoms with Crippen molar-refractivity contribution in [2.24, 2.45) is 10.9 Å². The Morgan fingerprint density at radius 1 is 1.40 bits per heavy atom. The number of hydrogen-bond donors (Lipinski definition) is 2. The molecule has 0 amide bonds. The van der Waals surface area contributed by atoms with Gasteiger partial charge in [-0.3, -0.25) is 9.89 Å². The minimum Gasteiger partial charge on any atom is -0.374 e. The molecule has 6 nitrogen and oxygen atoms in total. The summed E-state index contributed by atoms with van der Waals surface area (Å²) >= 11 is 1.73. The van der Waals surface area contributed by atoms with E-state index in [-0.39, 0.29) is 30.1 Å². The van der Waals surface area contributed by atoms with Gasteiger partial charge in [-0.05, 0) is 19.8 Å². The fourth-order valence-electron chi connectivity index (χ4n) is 2.92. The van der Waals surface area contributed by atoms with Crippen LogP contribution in [0.5, 0.6) is 0 Å². The van der Waals surface area contributed by atoms with E-state index in [0.717, 1.165) is 56.0 Å². The highest BCUT2D eigenvalue weighted by atomic mass is 127. The zero-order chi connectivity index (χ0) is 17.5. The molecule has 2 rings (SSSR count). The minimum absolute atomic E-state index is 0. The Kier molecular flexibility index (Phi) is 10.2. The lowest BCUT2D eigenvalue weighted by Crippen LogP contribution is -2.50. The third kappa shape index (κ3) is 7.76. The summed E-state index contributed by atoms with van der Waals surface area (Å²) in [6.45, 7) is 14.1. The summed E-state index contributed by atoms with van der Waals surface area (Å²) in [4.78, 5) is 12.5. The molecule has 0 bridgehead atoms. The van der Waals surface area contributed by atoms with Gasteiger partial charge in [-0.2, -0.15) is 0 Å². The number of hydrogen-bond acceptors (Lipinski definition) is 5. The summed E-state index contributed by atoms with van der Waals surface area (Å²) in [5, 5.41) is 7.85. The van der Waals surface area contributed by atoms with Crippen LogP contribution in [0.25, 0.3) is 0 Å². The van der Waals surface area contributed by atoms with Gasteiger partial charge >= 0.3 is 0 Å². The van der Waals surface area contributed by atoms with Crippen molar-refractivity contribution in [2.75, 3.05) is 39.8 Å². The van der Waals surface area contributed by atoms with Crippen molar-refractivity contribution in [2.45, 2.75) is 40.3 Å². The first-order valence-electron chi connectivity index (χ1n) is 8.69. The number of aliphatic imine (C=N–C) groups is 1. The molecule has 1 aliphatic heterocycles. The highest BCUT2D eigenvalue weighted by molar-refractivity contribution is 14.0. The van der Waals surface area contributed by atoms with Gasteiger partial charge in [-0.25, -0.2) is 4.98 Å². The number of guanidine groups is 1. The third-order valence-corrected chi connectivity index (χ3v) is 5.06. The maximum atomic E-state index is 5.88. The van der Waals surface area contributed by atoms with Gasteiger partial charge in [0.05, 0.1) is 30.0 Å². The SMILES string of the molecule is CN=C(NCc1sc(C)nc1C)NCC1CN(CC(C)C)CCO1.I. The summed E-state index contributed by atoms with van der Waals surface area (Å²) in [6, 6.07) is 0. The number of rotatable bonds is 6. The number of halogens is 1. The van der Waals surface area contributed by atoms with Crippen molar-refractivity contribution in [1.29, 1.82) is 0 Å². The first-order valence-corrected chi connectivity index (χ1v) is 9.51. The standard InChI is InChI=1S/C17H31N5OS.HI/c1-12(2)10-22-6-7-23-15(11-22)8-19-17(18-5)20-9-16-13(3)21-14(4)24-16;/h12,15H,6-11H2,1-5H3,(H2,18,19,20);1H. The Bertz CT molecular complexity index is 549. The Balaban J connectivity index is 0.00000312. The van der Waals surface area contributed by atoms with Crippen LogP contribution in [0, 0.1) is 19.8 Å². The predicted molar refractivity (Wildman–Crippen MR) is 116 cm³/mol. The van der Waals surface area contributed by atoms with Crippen LogP contribution in [0.4, 0.5) is 0 Å². The predicted octanol–water partition coefficient (Wildman–Crippen LogP) is 2.40. The lowest BCUT2D eigenvalue weighted by atomic mass is 10.2. The largest absolute Gasteiger partial charge is 0.374 e. The molecule has 1 unspecified atom stereocenters. The minimum atomic E-state index is 0. The van der Waals surface area contributed by atoms with Crippen LogP contribution in [0.3, 0.4) is 0 Å². The number of ether oxygens (including phenoxy) is 1. The van der Waals surface area contributed by atoms with Gasteiger partial charge in [-0.1, -0.05) is 13.8 Å². The maximum Gasteiger partial charge on any atom is 0.191 e. The second-order valence-corrected chi connectivity index (χ2v) is 7.98. The Labute approximate surface area is 172 Å². The first kappa shape index (κ1) is 22.6. The topological polar surface area (TPSA) is 61.8 Å². The Morgan fingerprint density at radius 3 is 2.76 bits per heavy atom. The van der Waals surface area contributed by atoms with Gasteiger partial charge in [0.15, 0.2) is 5.96 Å². The van der Waals surface area contributed by atoms with Crippen molar-refractivity contribution >= 4 is 41.3 Å². The van der Waals surface area contributed by atoms with Crippen LogP contribution in [0.1, 0.15) is 29.4 Å². The number of nitrogens with zero attached hydrogens (tertiary/aromatic N) is 3. The van der Waals surface area contributed by atoms with E-state index >= 15 is 0 Å². The highest BCUT2D eigenvalue weighted by Gasteiger charge is 2.21. The van der Waals surface area contributed by atoms with E-state index < -0.39 is 0 Å². The van der Waals surface area contributed by atoms with Crippen molar-refractivity contribution < 1.29 is 4.74 Å². The second kappa shape index (κ2) is 11.3. The Hall–Kier alpha value is -0.450. The van der Waals surface area contributed by atoms with Crippen LogP contribution < -0.4 is 10.6 Å². The van der Waals surface area contributed by atoms with Crippen molar-refractivity contribution in [3.63, 3.8) is 0 Å². The average Bonchev–Trinajstić information content (AvgIpc) is 2.85. The van der Waals surface area contributed by atoms with Crippen LogP contribution in [-0.4, -0.2) is 61.8 Å². The summed E-state index contributed by atoms with van der Waals surface area (Å²) in [5.74, 6) is 1.50. The molecule has 1 fully saturated rings. The summed E-state index contributed by atoms with van der Waals surface area (Å²) in [6.07, 6.45) is 0.212. The molecule has 2 heterocycles. The number of morpholine rings is 1. The second-order valence-electron chi connectivity index (χ2n) is 6.69. The normalized spacial score (nSPS) is 19.0. The molecule has 1 aliphatic rings. The number of aryl methyl sites for hydroxylation is 2. The van der Waals surface area contributed by atoms with Crippen molar-refractivity contribution in [3.8, 4) is 0 Å². The molecular formula is C17H32IN5OS. The van der Waals surface area contributed by atoms with Gasteiger partial charge in [0.25, 0.3) is 0 Å². The van der Waals surface area contributed by atoms with Gasteiger partial charge in [0.1, 0.15) is 0 Å². The zero-order valence-electron chi connectivity index (χ0n) is 16.0. The molecular weight excluding hydrogens is 449 g/mol. The molecule has 2 N–H and O–H groups in total. The number of nitrogens with one attached hydrogen (secondary N) is 2. The molecule has 0 saturated carbocycles.